The largest absolute Gasteiger partial charge is 0.229 e. The van der Waals surface area contributed by atoms with Crippen LogP contribution in [0.15, 0.2) is 58.3 Å². The maximum absolute atomic E-state index is 4.35. The molecule has 3 aromatic heterocycles. The Morgan fingerprint density at radius 3 is 2.91 bits per heavy atom. The molecule has 0 fully saturated rings. The first kappa shape index (κ1) is 13.4. The smallest absolute Gasteiger partial charge is 0.215 e. The second kappa shape index (κ2) is 5.82. The lowest BCUT2D eigenvalue weighted by molar-refractivity contribution is 0.602. The molecule has 0 N–H and O–H groups in total. The summed E-state index contributed by atoms with van der Waals surface area (Å²) in [6, 6.07) is 12.1. The fraction of sp³-hybridized carbons (Fsp3) is 0.0714. The van der Waals surface area contributed by atoms with Crippen LogP contribution < -0.4 is 0 Å². The third-order valence-electron chi connectivity index (χ3n) is 3.09. The first-order valence-electron chi connectivity index (χ1n) is 6.56. The standard InChI is InChI=1S/C14H10N6S2/c1-2-4-10(5-3-1)8-20-14(17-18-19-20)22-13-11-6-7-21-12(11)15-9-16-13/h1-7,9H,8H2. The monoisotopic (exact) mass is 326 g/mol. The highest BCUT2D eigenvalue weighted by Crippen LogP contribution is 2.31. The van der Waals surface area contributed by atoms with E-state index in [9.17, 15) is 0 Å². The Bertz CT molecular complexity index is 902. The van der Waals surface area contributed by atoms with E-state index in [-0.39, 0.29) is 0 Å². The van der Waals surface area contributed by atoms with Gasteiger partial charge < -0.3 is 0 Å². The van der Waals surface area contributed by atoms with E-state index in [4.69, 9.17) is 0 Å². The van der Waals surface area contributed by atoms with Gasteiger partial charge in [-0.1, -0.05) is 30.3 Å². The third-order valence-corrected chi connectivity index (χ3v) is 4.90. The Balaban J connectivity index is 1.64. The van der Waals surface area contributed by atoms with E-state index in [1.807, 2.05) is 29.6 Å². The molecule has 4 rings (SSSR count). The normalized spacial score (nSPS) is 11.1. The highest BCUT2D eigenvalue weighted by atomic mass is 32.2. The van der Waals surface area contributed by atoms with Crippen molar-refractivity contribution in [2.75, 3.05) is 0 Å². The Hall–Kier alpha value is -2.32. The molecule has 0 saturated heterocycles. The van der Waals surface area contributed by atoms with Gasteiger partial charge >= 0.3 is 0 Å². The number of benzene rings is 1. The van der Waals surface area contributed by atoms with Crippen molar-refractivity contribution in [3.05, 3.63) is 53.7 Å². The van der Waals surface area contributed by atoms with Crippen LogP contribution in [0.25, 0.3) is 10.2 Å². The van der Waals surface area contributed by atoms with E-state index < -0.39 is 0 Å². The van der Waals surface area contributed by atoms with Gasteiger partial charge in [0.15, 0.2) is 0 Å². The van der Waals surface area contributed by atoms with Gasteiger partial charge in [0.2, 0.25) is 5.16 Å². The minimum absolute atomic E-state index is 0.633. The first-order valence-corrected chi connectivity index (χ1v) is 8.26. The van der Waals surface area contributed by atoms with Crippen LogP contribution in [0.5, 0.6) is 0 Å². The zero-order chi connectivity index (χ0) is 14.8. The molecule has 0 amide bonds. The molecule has 0 radical (unpaired) electrons. The number of thiophene rings is 1. The number of fused-ring (bicyclic) bond motifs is 1. The Morgan fingerprint density at radius 2 is 2.00 bits per heavy atom. The number of aromatic nitrogens is 6. The molecule has 0 bridgehead atoms. The number of nitrogens with zero attached hydrogens (tertiary/aromatic N) is 6. The summed E-state index contributed by atoms with van der Waals surface area (Å²) >= 11 is 3.05. The topological polar surface area (TPSA) is 69.4 Å². The van der Waals surface area contributed by atoms with Crippen molar-refractivity contribution in [1.82, 2.24) is 30.2 Å². The fourth-order valence-corrected chi connectivity index (χ4v) is 3.69. The number of rotatable bonds is 4. The highest BCUT2D eigenvalue weighted by molar-refractivity contribution is 7.99. The molecule has 1 aromatic carbocycles. The van der Waals surface area contributed by atoms with Gasteiger partial charge in [-0.15, -0.1) is 16.4 Å². The maximum Gasteiger partial charge on any atom is 0.215 e. The van der Waals surface area contributed by atoms with Crippen LogP contribution in [0.3, 0.4) is 0 Å². The van der Waals surface area contributed by atoms with Crippen LogP contribution in [0.1, 0.15) is 5.56 Å². The van der Waals surface area contributed by atoms with Crippen LogP contribution in [-0.2, 0) is 6.54 Å². The molecular formula is C14H10N6S2. The van der Waals surface area contributed by atoms with Crippen molar-refractivity contribution in [3.8, 4) is 0 Å². The average molecular weight is 326 g/mol. The zero-order valence-corrected chi connectivity index (χ0v) is 13.0. The number of hydrogen-bond acceptors (Lipinski definition) is 7. The van der Waals surface area contributed by atoms with Gasteiger partial charge in [0.1, 0.15) is 16.2 Å². The molecule has 3 heterocycles. The summed E-state index contributed by atoms with van der Waals surface area (Å²) in [5, 5.41) is 16.6. The summed E-state index contributed by atoms with van der Waals surface area (Å²) in [5.74, 6) is 0. The summed E-state index contributed by atoms with van der Waals surface area (Å²) in [6.45, 7) is 0.633. The van der Waals surface area contributed by atoms with Gasteiger partial charge in [-0.2, -0.15) is 0 Å². The molecule has 0 aliphatic carbocycles. The molecule has 4 aromatic rings. The van der Waals surface area contributed by atoms with Crippen LogP contribution in [0, 0.1) is 0 Å². The second-order valence-electron chi connectivity index (χ2n) is 4.53. The van der Waals surface area contributed by atoms with Crippen LogP contribution in [0.2, 0.25) is 0 Å². The maximum atomic E-state index is 4.35. The summed E-state index contributed by atoms with van der Waals surface area (Å²) in [4.78, 5) is 9.58. The van der Waals surface area contributed by atoms with E-state index in [0.29, 0.717) is 6.54 Å². The van der Waals surface area contributed by atoms with Gasteiger partial charge in [-0.05, 0) is 39.2 Å². The summed E-state index contributed by atoms with van der Waals surface area (Å²) in [5.41, 5.74) is 1.15. The van der Waals surface area contributed by atoms with E-state index in [1.54, 1.807) is 22.3 Å². The zero-order valence-electron chi connectivity index (χ0n) is 11.3. The third kappa shape index (κ3) is 2.58. The van der Waals surface area contributed by atoms with Crippen molar-refractivity contribution in [3.63, 3.8) is 0 Å². The van der Waals surface area contributed by atoms with Crippen molar-refractivity contribution in [2.45, 2.75) is 16.7 Å². The van der Waals surface area contributed by atoms with Crippen LogP contribution >= 0.6 is 23.1 Å². The van der Waals surface area contributed by atoms with Gasteiger partial charge in [0, 0.05) is 5.39 Å². The highest BCUT2D eigenvalue weighted by Gasteiger charge is 2.12. The van der Waals surface area contributed by atoms with E-state index in [1.165, 1.54) is 11.8 Å². The minimum atomic E-state index is 0.633. The molecule has 0 saturated carbocycles. The minimum Gasteiger partial charge on any atom is -0.229 e. The number of hydrogen-bond donors (Lipinski definition) is 0. The van der Waals surface area contributed by atoms with Crippen molar-refractivity contribution >= 4 is 33.3 Å². The van der Waals surface area contributed by atoms with E-state index >= 15 is 0 Å². The average Bonchev–Trinajstić information content (AvgIpc) is 3.19. The summed E-state index contributed by atoms with van der Waals surface area (Å²) in [7, 11) is 0. The second-order valence-corrected chi connectivity index (χ2v) is 6.38. The van der Waals surface area contributed by atoms with Gasteiger partial charge in [-0.25, -0.2) is 14.6 Å². The quantitative estimate of drug-likeness (QED) is 0.537. The molecule has 0 atom stereocenters. The SMILES string of the molecule is c1ccc(Cn2nnnc2Sc2ncnc3sccc23)cc1. The van der Waals surface area contributed by atoms with Crippen molar-refractivity contribution < 1.29 is 0 Å². The van der Waals surface area contributed by atoms with Crippen molar-refractivity contribution in [2.24, 2.45) is 0 Å². The molecule has 22 heavy (non-hydrogen) atoms. The van der Waals surface area contributed by atoms with Crippen LogP contribution in [-0.4, -0.2) is 30.2 Å². The molecular weight excluding hydrogens is 316 g/mol. The Kier molecular flexibility index (Phi) is 3.53. The summed E-state index contributed by atoms with van der Waals surface area (Å²) < 4.78 is 1.78. The Labute approximate surface area is 134 Å². The molecule has 0 aliphatic heterocycles. The van der Waals surface area contributed by atoms with Crippen LogP contribution in [0.4, 0.5) is 0 Å². The van der Waals surface area contributed by atoms with E-state index in [0.717, 1.165) is 26.0 Å². The lowest BCUT2D eigenvalue weighted by atomic mass is 10.2. The molecule has 0 aliphatic rings. The molecule has 0 unspecified atom stereocenters. The molecule has 0 spiro atoms. The predicted molar refractivity (Wildman–Crippen MR) is 84.9 cm³/mol. The molecule has 108 valence electrons. The van der Waals surface area contributed by atoms with Gasteiger partial charge in [0.25, 0.3) is 0 Å². The first-order chi connectivity index (χ1) is 10.9. The van der Waals surface area contributed by atoms with Gasteiger partial charge in [-0.3, -0.25) is 0 Å². The molecule has 6 nitrogen and oxygen atoms in total. The fourth-order valence-electron chi connectivity index (χ4n) is 2.06. The Morgan fingerprint density at radius 1 is 1.09 bits per heavy atom. The lowest BCUT2D eigenvalue weighted by Gasteiger charge is -2.04. The summed E-state index contributed by atoms with van der Waals surface area (Å²) in [6.07, 6.45) is 1.58. The molecule has 8 heteroatoms. The van der Waals surface area contributed by atoms with E-state index in [2.05, 4.69) is 37.6 Å². The van der Waals surface area contributed by atoms with Gasteiger partial charge in [0.05, 0.1) is 6.54 Å². The number of tetrazole rings is 1. The lowest BCUT2D eigenvalue weighted by Crippen LogP contribution is -2.03. The predicted octanol–water partition coefficient (Wildman–Crippen LogP) is 2.88. The van der Waals surface area contributed by atoms with Crippen molar-refractivity contribution in [1.29, 1.82) is 0 Å².